The van der Waals surface area contributed by atoms with E-state index >= 15 is 0 Å². The van der Waals surface area contributed by atoms with Crippen LogP contribution in [0.4, 0.5) is 5.69 Å². The molecule has 0 N–H and O–H groups in total. The van der Waals surface area contributed by atoms with Gasteiger partial charge in [0.05, 0.1) is 29.7 Å². The van der Waals surface area contributed by atoms with Crippen LogP contribution < -0.4 is 4.90 Å². The van der Waals surface area contributed by atoms with Gasteiger partial charge in [0.15, 0.2) is 0 Å². The van der Waals surface area contributed by atoms with E-state index in [0.717, 1.165) is 16.5 Å². The summed E-state index contributed by atoms with van der Waals surface area (Å²) in [7, 11) is -7.20. The molecule has 0 atom stereocenters. The Balaban J connectivity index is 1.56. The fourth-order valence-corrected chi connectivity index (χ4v) is 5.97. The molecule has 2 aromatic carbocycles. The first-order chi connectivity index (χ1) is 17.8. The van der Waals surface area contributed by atoms with Crippen LogP contribution in [0.5, 0.6) is 0 Å². The van der Waals surface area contributed by atoms with Crippen LogP contribution in [0.1, 0.15) is 23.2 Å². The lowest BCUT2D eigenvalue weighted by molar-refractivity contribution is -0.131. The van der Waals surface area contributed by atoms with Gasteiger partial charge in [0, 0.05) is 35.9 Å². The van der Waals surface area contributed by atoms with Gasteiger partial charge in [-0.1, -0.05) is 35.9 Å². The molecular weight excluding hydrogens is 554 g/mol. The Morgan fingerprint density at radius 2 is 1.68 bits per heavy atom. The van der Waals surface area contributed by atoms with Gasteiger partial charge in [0.25, 0.3) is 16.0 Å². The number of likely N-dealkylation sites (tertiary alicyclic amines) is 1. The van der Waals surface area contributed by atoms with Crippen LogP contribution >= 0.6 is 11.6 Å². The van der Waals surface area contributed by atoms with Crippen molar-refractivity contribution in [3.8, 4) is 0 Å². The first-order valence-electron chi connectivity index (χ1n) is 11.8. The Kier molecular flexibility index (Phi) is 8.17. The predicted octanol–water partition coefficient (Wildman–Crippen LogP) is 2.96. The number of amides is 2. The van der Waals surface area contributed by atoms with Crippen LogP contribution in [0.2, 0.25) is 5.02 Å². The van der Waals surface area contributed by atoms with Gasteiger partial charge >= 0.3 is 0 Å². The number of piperidine rings is 1. The number of hydrogen-bond acceptors (Lipinski definition) is 7. The number of halogens is 1. The predicted molar refractivity (Wildman–Crippen MR) is 145 cm³/mol. The molecular formula is C25H28ClN3O7S2. The Hall–Kier alpha value is -2.93. The zero-order valence-corrected chi connectivity index (χ0v) is 23.3. The fraction of sp³-hybridized carbons (Fsp3) is 0.360. The van der Waals surface area contributed by atoms with Crippen molar-refractivity contribution in [2.75, 3.05) is 43.7 Å². The number of hydrogen-bond donors (Lipinski definition) is 0. The highest BCUT2D eigenvalue weighted by atomic mass is 35.5. The molecule has 2 heterocycles. The van der Waals surface area contributed by atoms with Gasteiger partial charge < -0.3 is 4.90 Å². The molecule has 0 bridgehead atoms. The van der Waals surface area contributed by atoms with E-state index in [-0.39, 0.29) is 41.1 Å². The van der Waals surface area contributed by atoms with Gasteiger partial charge in [-0.25, -0.2) is 12.4 Å². The number of carbonyl (C=O) groups excluding carboxylic acids is 2. The van der Waals surface area contributed by atoms with E-state index < -0.39 is 26.0 Å². The van der Waals surface area contributed by atoms with Gasteiger partial charge in [0.2, 0.25) is 15.9 Å². The van der Waals surface area contributed by atoms with Crippen LogP contribution in [0.25, 0.3) is 10.9 Å². The highest BCUT2D eigenvalue weighted by Gasteiger charge is 2.28. The summed E-state index contributed by atoms with van der Waals surface area (Å²) in [6, 6.07) is 13.3. The number of para-hydroxylation sites is 1. The van der Waals surface area contributed by atoms with Crippen molar-refractivity contribution in [2.24, 2.45) is 5.92 Å². The largest absolute Gasteiger partial charge is 0.341 e. The summed E-state index contributed by atoms with van der Waals surface area (Å²) in [4.78, 5) is 30.0. The summed E-state index contributed by atoms with van der Waals surface area (Å²) >= 11 is 6.21. The van der Waals surface area contributed by atoms with E-state index in [2.05, 4.69) is 0 Å². The topological polar surface area (TPSA) is 123 Å². The van der Waals surface area contributed by atoms with E-state index in [9.17, 15) is 26.4 Å². The van der Waals surface area contributed by atoms with Crippen molar-refractivity contribution in [1.29, 1.82) is 0 Å². The fourth-order valence-electron chi connectivity index (χ4n) is 4.41. The third-order valence-electron chi connectivity index (χ3n) is 6.42. The maximum atomic E-state index is 13.7. The molecule has 0 aliphatic carbocycles. The van der Waals surface area contributed by atoms with Crippen molar-refractivity contribution in [1.82, 2.24) is 8.87 Å². The Bertz CT molecular complexity index is 1560. The number of fused-ring (bicyclic) bond motifs is 1. The third-order valence-corrected chi connectivity index (χ3v) is 8.30. The summed E-state index contributed by atoms with van der Waals surface area (Å²) < 4.78 is 52.9. The standard InChI is InChI=1S/C25H28ClN3O7S2/c1-37(32,33)29-15-22(26)21-9-8-19(14-23(21)29)25(31)28(20-6-4-3-5-7-20)16-24(30)27-12-10-18(11-13-27)17-36-38(2,34)35/h3-9,14-15,18H,10-13,16-17H2,1-2H3. The van der Waals surface area contributed by atoms with Crippen LogP contribution in [0.15, 0.2) is 54.7 Å². The lowest BCUT2D eigenvalue weighted by Crippen LogP contribution is -2.46. The van der Waals surface area contributed by atoms with Crippen molar-refractivity contribution < 1.29 is 30.6 Å². The van der Waals surface area contributed by atoms with E-state index in [1.165, 1.54) is 17.2 Å². The van der Waals surface area contributed by atoms with Gasteiger partial charge in [0.1, 0.15) is 6.54 Å². The number of rotatable bonds is 8. The molecule has 13 heteroatoms. The zero-order chi connectivity index (χ0) is 27.7. The molecule has 2 amide bonds. The summed E-state index contributed by atoms with van der Waals surface area (Å²) in [5, 5.41) is 0.726. The van der Waals surface area contributed by atoms with E-state index in [1.54, 1.807) is 47.4 Å². The van der Waals surface area contributed by atoms with Crippen molar-refractivity contribution >= 4 is 60.1 Å². The highest BCUT2D eigenvalue weighted by Crippen LogP contribution is 2.29. The van der Waals surface area contributed by atoms with Crippen LogP contribution in [0, 0.1) is 5.92 Å². The van der Waals surface area contributed by atoms with E-state index in [4.69, 9.17) is 15.8 Å². The molecule has 1 aliphatic rings. The Morgan fingerprint density at radius 3 is 2.29 bits per heavy atom. The minimum absolute atomic E-state index is 0.0188. The lowest BCUT2D eigenvalue weighted by atomic mass is 9.98. The number of anilines is 1. The molecule has 3 aromatic rings. The SMILES string of the molecule is CS(=O)(=O)OCC1CCN(C(=O)CN(C(=O)c2ccc3c(Cl)cn(S(C)(=O)=O)c3c2)c2ccccc2)CC1. The average Bonchev–Trinajstić information content (AvgIpc) is 3.22. The molecule has 4 rings (SSSR count). The summed E-state index contributed by atoms with van der Waals surface area (Å²) in [6.45, 7) is 0.690. The molecule has 10 nitrogen and oxygen atoms in total. The molecule has 0 spiro atoms. The van der Waals surface area contributed by atoms with Crippen LogP contribution in [-0.4, -0.2) is 76.3 Å². The summed E-state index contributed by atoms with van der Waals surface area (Å²) in [6.07, 6.45) is 4.51. The second kappa shape index (κ2) is 11.0. The zero-order valence-electron chi connectivity index (χ0n) is 20.9. The normalized spacial score (nSPS) is 15.1. The second-order valence-corrected chi connectivity index (χ2v) is 13.2. The minimum atomic E-state index is -3.67. The second-order valence-electron chi connectivity index (χ2n) is 9.31. The van der Waals surface area contributed by atoms with Gasteiger partial charge in [-0.3, -0.25) is 18.7 Å². The molecule has 1 aliphatic heterocycles. The smallest absolute Gasteiger partial charge is 0.264 e. The van der Waals surface area contributed by atoms with Gasteiger partial charge in [-0.15, -0.1) is 0 Å². The van der Waals surface area contributed by atoms with E-state index in [0.29, 0.717) is 37.0 Å². The first-order valence-corrected chi connectivity index (χ1v) is 15.9. The summed E-state index contributed by atoms with van der Waals surface area (Å²) in [5.74, 6) is -0.709. The van der Waals surface area contributed by atoms with Crippen LogP contribution in [0.3, 0.4) is 0 Å². The maximum absolute atomic E-state index is 13.7. The molecule has 204 valence electrons. The first kappa shape index (κ1) is 28.1. The molecule has 0 radical (unpaired) electrons. The van der Waals surface area contributed by atoms with Gasteiger partial charge in [-0.2, -0.15) is 8.42 Å². The van der Waals surface area contributed by atoms with Gasteiger partial charge in [-0.05, 0) is 43.0 Å². The molecule has 0 saturated carbocycles. The molecule has 1 aromatic heterocycles. The number of aromatic nitrogens is 1. The summed E-state index contributed by atoms with van der Waals surface area (Å²) in [5.41, 5.74) is 0.977. The lowest BCUT2D eigenvalue weighted by Gasteiger charge is -2.33. The molecule has 0 unspecified atom stereocenters. The van der Waals surface area contributed by atoms with Crippen molar-refractivity contribution in [3.05, 3.63) is 65.3 Å². The van der Waals surface area contributed by atoms with E-state index in [1.807, 2.05) is 0 Å². The number of benzene rings is 2. The highest BCUT2D eigenvalue weighted by molar-refractivity contribution is 7.89. The Labute approximate surface area is 226 Å². The minimum Gasteiger partial charge on any atom is -0.341 e. The molecule has 38 heavy (non-hydrogen) atoms. The number of nitrogens with zero attached hydrogens (tertiary/aromatic N) is 3. The molecule has 1 fully saturated rings. The third kappa shape index (κ3) is 6.55. The quantitative estimate of drug-likeness (QED) is 0.375. The molecule has 1 saturated heterocycles. The maximum Gasteiger partial charge on any atom is 0.264 e. The van der Waals surface area contributed by atoms with Crippen molar-refractivity contribution in [2.45, 2.75) is 12.8 Å². The average molecular weight is 582 g/mol. The van der Waals surface area contributed by atoms with Crippen molar-refractivity contribution in [3.63, 3.8) is 0 Å². The Morgan fingerprint density at radius 1 is 1.03 bits per heavy atom. The monoisotopic (exact) mass is 581 g/mol. The number of carbonyl (C=O) groups is 2. The van der Waals surface area contributed by atoms with Crippen LogP contribution in [-0.2, 0) is 29.1 Å².